The molecule has 9 rings (SSSR count). The Bertz CT molecular complexity index is 2560. The third-order valence-corrected chi connectivity index (χ3v) is 13.2. The molecule has 12 nitrogen and oxygen atoms in total. The SMILES string of the molecule is CNCO[C@]12Cc3c4c(c5c(c3O[C@@H]1c1ccc(O)c(c1)OCCC#C[C@@H]2NCNC[C@@](C)(O)CC(C)C)CC[C@@H](CO)O5)-c1ccc(O)cc1[C@H](Cc1ccc2c(c1)=CCN=2)C4. The van der Waals surface area contributed by atoms with Gasteiger partial charge in [0, 0.05) is 42.7 Å². The molecule has 0 saturated heterocycles. The predicted octanol–water partition coefficient (Wildman–Crippen LogP) is 4.44. The molecule has 63 heavy (non-hydrogen) atoms. The maximum Gasteiger partial charge on any atom is 0.161 e. The summed E-state index contributed by atoms with van der Waals surface area (Å²) in [5, 5.41) is 56.2. The highest BCUT2D eigenvalue weighted by molar-refractivity contribution is 5.85. The van der Waals surface area contributed by atoms with E-state index in [-0.39, 0.29) is 43.5 Å². The minimum absolute atomic E-state index is 0.0109. The zero-order valence-electron chi connectivity index (χ0n) is 36.7. The number of aliphatic hydroxyl groups is 2. The first-order valence-electron chi connectivity index (χ1n) is 22.5. The minimum Gasteiger partial charge on any atom is -0.508 e. The summed E-state index contributed by atoms with van der Waals surface area (Å²) in [7, 11) is 1.85. The Morgan fingerprint density at radius 2 is 1.90 bits per heavy atom. The molecule has 4 aromatic rings. The molecule has 12 heteroatoms. The lowest BCUT2D eigenvalue weighted by Crippen LogP contribution is -2.62. The van der Waals surface area contributed by atoms with Gasteiger partial charge in [0.2, 0.25) is 0 Å². The summed E-state index contributed by atoms with van der Waals surface area (Å²) in [6.45, 7) is 7.81. The van der Waals surface area contributed by atoms with Gasteiger partial charge in [0.25, 0.3) is 0 Å². The monoisotopic (exact) mass is 856 g/mol. The van der Waals surface area contributed by atoms with E-state index >= 15 is 0 Å². The standard InChI is InChI=1S/C51H60N4O8/c1-30(2)24-50(3,59)27-53-28-55-45-7-5-6-18-60-44-22-33(9-15-43(44)58)49-51(45,61-29-52-4)25-41-40-21-34(20-31-8-14-42-32(19-31)16-17-54-42)39-23-35(57)10-12-37(39)46(40)48-38(47(41)63-49)13-11-36(26-56)62-48/h8-10,12,14-16,19,22-23,30,34,36,45,49,52-53,55-59H,6,11,13,17-18,20-21,24-29H2,1-4H3/t34-,36+,45+,49-,50+,51+/m1/s1. The second kappa shape index (κ2) is 17.8. The Hall–Kier alpha value is -5.13. The van der Waals surface area contributed by atoms with Crippen LogP contribution >= 0.6 is 0 Å². The molecule has 4 heterocycles. The molecule has 0 unspecified atom stereocenters. The van der Waals surface area contributed by atoms with Crippen molar-refractivity contribution >= 4 is 6.08 Å². The van der Waals surface area contributed by atoms with E-state index in [4.69, 9.17) is 18.9 Å². The maximum atomic E-state index is 11.2. The third-order valence-electron chi connectivity index (χ3n) is 13.2. The number of benzene rings is 4. The molecule has 5 aliphatic rings. The summed E-state index contributed by atoms with van der Waals surface area (Å²) in [6.07, 6.45) is 5.07. The number of fused-ring (bicyclic) bond motifs is 13. The highest BCUT2D eigenvalue weighted by Crippen LogP contribution is 2.58. The highest BCUT2D eigenvalue weighted by atomic mass is 16.6. The number of nitrogens with one attached hydrogen (secondary N) is 3. The molecule has 0 radical (unpaired) electrons. The molecule has 4 aliphatic heterocycles. The summed E-state index contributed by atoms with van der Waals surface area (Å²) in [5.41, 5.74) is 5.89. The molecule has 4 aromatic carbocycles. The van der Waals surface area contributed by atoms with E-state index in [0.29, 0.717) is 75.7 Å². The van der Waals surface area contributed by atoms with Crippen molar-refractivity contribution in [3.8, 4) is 51.7 Å². The molecule has 0 aromatic heterocycles. The first kappa shape index (κ1) is 43.1. The van der Waals surface area contributed by atoms with Crippen LogP contribution in [0.15, 0.2) is 59.6 Å². The van der Waals surface area contributed by atoms with Crippen molar-refractivity contribution in [1.82, 2.24) is 16.0 Å². The Kier molecular flexibility index (Phi) is 12.2. The lowest BCUT2D eigenvalue weighted by Gasteiger charge is -2.49. The van der Waals surface area contributed by atoms with Gasteiger partial charge in [0.05, 0.1) is 37.4 Å². The van der Waals surface area contributed by atoms with Crippen LogP contribution in [-0.4, -0.2) is 90.5 Å². The van der Waals surface area contributed by atoms with E-state index in [2.05, 4.69) is 70.9 Å². The largest absolute Gasteiger partial charge is 0.508 e. The second-order valence-electron chi connectivity index (χ2n) is 18.5. The molecule has 0 fully saturated rings. The van der Waals surface area contributed by atoms with Crippen LogP contribution in [-0.2, 0) is 30.4 Å². The number of hydrogen-bond donors (Lipinski definition) is 7. The lowest BCUT2D eigenvalue weighted by atomic mass is 9.69. The van der Waals surface area contributed by atoms with Gasteiger partial charge in [-0.3, -0.25) is 15.6 Å². The van der Waals surface area contributed by atoms with Gasteiger partial charge in [-0.05, 0) is 127 Å². The fraction of sp³-hybridized carbons (Fsp3) is 0.471. The molecule has 6 atom stereocenters. The van der Waals surface area contributed by atoms with Crippen molar-refractivity contribution in [2.24, 2.45) is 10.9 Å². The Morgan fingerprint density at radius 1 is 1.03 bits per heavy atom. The maximum absolute atomic E-state index is 11.2. The quantitative estimate of drug-likeness (QED) is 0.0578. The van der Waals surface area contributed by atoms with Crippen molar-refractivity contribution in [3.63, 3.8) is 0 Å². The average Bonchev–Trinajstić information content (AvgIpc) is 3.73. The molecular formula is C51H60N4O8. The van der Waals surface area contributed by atoms with Crippen LogP contribution in [0.3, 0.4) is 0 Å². The molecular weight excluding hydrogens is 797 g/mol. The van der Waals surface area contributed by atoms with Crippen LogP contribution in [0.2, 0.25) is 0 Å². The lowest BCUT2D eigenvalue weighted by molar-refractivity contribution is -0.141. The number of ether oxygens (including phenoxy) is 4. The summed E-state index contributed by atoms with van der Waals surface area (Å²) >= 11 is 0. The van der Waals surface area contributed by atoms with Crippen LogP contribution < -0.4 is 40.7 Å². The number of rotatable bonds is 13. The number of phenols is 2. The van der Waals surface area contributed by atoms with E-state index in [1.807, 2.05) is 38.2 Å². The topological polar surface area (TPSA) is 166 Å². The molecule has 2 bridgehead atoms. The first-order chi connectivity index (χ1) is 30.5. The molecule has 0 amide bonds. The summed E-state index contributed by atoms with van der Waals surface area (Å²) in [6, 6.07) is 16.9. The molecule has 1 aliphatic carbocycles. The van der Waals surface area contributed by atoms with Gasteiger partial charge < -0.3 is 44.7 Å². The summed E-state index contributed by atoms with van der Waals surface area (Å²) in [5.74, 6) is 9.26. The summed E-state index contributed by atoms with van der Waals surface area (Å²) in [4.78, 5) is 4.62. The zero-order valence-corrected chi connectivity index (χ0v) is 36.7. The van der Waals surface area contributed by atoms with Crippen molar-refractivity contribution < 1.29 is 39.4 Å². The number of aliphatic hydroxyl groups excluding tert-OH is 1. The number of hydrogen-bond acceptors (Lipinski definition) is 12. The van der Waals surface area contributed by atoms with E-state index in [0.717, 1.165) is 61.7 Å². The third kappa shape index (κ3) is 8.51. The number of aromatic hydroxyl groups is 2. The number of phenolic OH excluding ortho intramolecular Hbond substituents is 2. The van der Waals surface area contributed by atoms with Crippen molar-refractivity contribution in [2.45, 2.75) is 101 Å². The fourth-order valence-corrected chi connectivity index (χ4v) is 10.5. The minimum atomic E-state index is -1.15. The van der Waals surface area contributed by atoms with Crippen LogP contribution in [0.5, 0.6) is 28.7 Å². The van der Waals surface area contributed by atoms with Gasteiger partial charge in [0.1, 0.15) is 35.0 Å². The smallest absolute Gasteiger partial charge is 0.161 e. The number of nitrogens with zero attached hydrogens (tertiary/aromatic N) is 1. The van der Waals surface area contributed by atoms with E-state index in [9.17, 15) is 20.4 Å². The average molecular weight is 857 g/mol. The fourth-order valence-electron chi connectivity index (χ4n) is 10.5. The van der Waals surface area contributed by atoms with E-state index in [1.54, 1.807) is 12.1 Å². The second-order valence-corrected chi connectivity index (χ2v) is 18.5. The Morgan fingerprint density at radius 3 is 2.73 bits per heavy atom. The molecule has 0 saturated carbocycles. The van der Waals surface area contributed by atoms with Gasteiger partial charge >= 0.3 is 0 Å². The van der Waals surface area contributed by atoms with Gasteiger partial charge in [-0.25, -0.2) is 0 Å². The summed E-state index contributed by atoms with van der Waals surface area (Å²) < 4.78 is 27.6. The first-order valence-corrected chi connectivity index (χ1v) is 22.5. The normalized spacial score (nSPS) is 23.7. The van der Waals surface area contributed by atoms with E-state index in [1.165, 1.54) is 5.56 Å². The van der Waals surface area contributed by atoms with Gasteiger partial charge in [-0.15, -0.1) is 0 Å². The van der Waals surface area contributed by atoms with E-state index < -0.39 is 23.3 Å². The van der Waals surface area contributed by atoms with Crippen molar-refractivity contribution in [2.75, 3.05) is 46.8 Å². The van der Waals surface area contributed by atoms with Crippen molar-refractivity contribution in [3.05, 3.63) is 98.6 Å². The van der Waals surface area contributed by atoms with Crippen LogP contribution in [0.1, 0.15) is 85.4 Å². The highest BCUT2D eigenvalue weighted by Gasteiger charge is 2.54. The molecule has 332 valence electrons. The zero-order chi connectivity index (χ0) is 43.9. The van der Waals surface area contributed by atoms with Gasteiger partial charge in [-0.1, -0.05) is 50.0 Å². The van der Waals surface area contributed by atoms with Crippen molar-refractivity contribution in [1.29, 1.82) is 0 Å². The molecule has 7 N–H and O–H groups in total. The Balaban J connectivity index is 1.22. The van der Waals surface area contributed by atoms with Crippen LogP contribution in [0.25, 0.3) is 17.2 Å². The molecule has 0 spiro atoms. The van der Waals surface area contributed by atoms with Crippen LogP contribution in [0, 0.1) is 17.8 Å². The van der Waals surface area contributed by atoms with Gasteiger partial charge in [-0.2, -0.15) is 0 Å². The van der Waals surface area contributed by atoms with Gasteiger partial charge in [0.15, 0.2) is 17.6 Å². The van der Waals surface area contributed by atoms with Crippen LogP contribution in [0.4, 0.5) is 0 Å². The predicted molar refractivity (Wildman–Crippen MR) is 241 cm³/mol. The Labute approximate surface area is 369 Å².